The zero-order chi connectivity index (χ0) is 17.0. The number of alkyl halides is 2. The van der Waals surface area contributed by atoms with Crippen molar-refractivity contribution >= 4 is 22.1 Å². The predicted molar refractivity (Wildman–Crippen MR) is 69.7 cm³/mol. The molecular weight excluding hydrogens is 338 g/mol. The molecule has 3 fully saturated rings. The van der Waals surface area contributed by atoms with Gasteiger partial charge in [-0.2, -0.15) is 17.2 Å². The fourth-order valence-corrected chi connectivity index (χ4v) is 4.56. The topological polar surface area (TPSA) is 107 Å². The molecular formula is C13H16F2O7S. The summed E-state index contributed by atoms with van der Waals surface area (Å²) in [6, 6.07) is 0. The lowest BCUT2D eigenvalue weighted by atomic mass is 10.00. The third-order valence-electron chi connectivity index (χ3n) is 5.20. The Morgan fingerprint density at radius 1 is 1.17 bits per heavy atom. The van der Waals surface area contributed by atoms with Gasteiger partial charge in [-0.1, -0.05) is 0 Å². The molecule has 3 aliphatic rings. The monoisotopic (exact) mass is 354 g/mol. The maximum Gasteiger partial charge on any atom is 0.465 e. The van der Waals surface area contributed by atoms with E-state index in [1.807, 2.05) is 0 Å². The van der Waals surface area contributed by atoms with Crippen molar-refractivity contribution in [1.29, 1.82) is 0 Å². The molecule has 0 aromatic heterocycles. The second-order valence-corrected chi connectivity index (χ2v) is 7.87. The highest BCUT2D eigenvalue weighted by Gasteiger charge is 2.65. The van der Waals surface area contributed by atoms with Gasteiger partial charge in [-0.25, -0.2) is 9.59 Å². The minimum Gasteiger partial charge on any atom is -0.463 e. The number of ether oxygens (including phenoxy) is 2. The van der Waals surface area contributed by atoms with Crippen molar-refractivity contribution in [2.24, 2.45) is 29.6 Å². The molecule has 10 heteroatoms. The third kappa shape index (κ3) is 2.82. The molecule has 0 heterocycles. The quantitative estimate of drug-likeness (QED) is 0.556. The average molecular weight is 354 g/mol. The Bertz CT molecular complexity index is 632. The van der Waals surface area contributed by atoms with E-state index in [4.69, 9.17) is 9.29 Å². The van der Waals surface area contributed by atoms with E-state index >= 15 is 0 Å². The van der Waals surface area contributed by atoms with Crippen molar-refractivity contribution in [3.05, 3.63) is 0 Å². The summed E-state index contributed by atoms with van der Waals surface area (Å²) >= 11 is 0. The second kappa shape index (κ2) is 5.37. The van der Waals surface area contributed by atoms with E-state index in [0.717, 1.165) is 18.3 Å². The van der Waals surface area contributed by atoms with Gasteiger partial charge in [-0.05, 0) is 48.9 Å². The average Bonchev–Trinajstić information content (AvgIpc) is 2.92. The first-order valence-electron chi connectivity index (χ1n) is 7.30. The van der Waals surface area contributed by atoms with Gasteiger partial charge in [-0.3, -0.25) is 4.55 Å². The standard InChI is InChI=1S/C13H16F2O7S/c14-13(15,23(18,19)20)12(17)22-5-9(16)21-4-7-3-6-1-2-8-10(6)11(7)8/h6-8,10-11H,1-5H2,(H,18,19,20). The Hall–Kier alpha value is -1.29. The molecule has 3 aliphatic carbocycles. The van der Waals surface area contributed by atoms with Gasteiger partial charge in [0.1, 0.15) is 0 Å². The molecule has 0 aromatic rings. The first-order valence-corrected chi connectivity index (χ1v) is 8.74. The van der Waals surface area contributed by atoms with E-state index in [2.05, 4.69) is 4.74 Å². The Kier molecular flexibility index (Phi) is 3.87. The van der Waals surface area contributed by atoms with E-state index in [-0.39, 0.29) is 12.5 Å². The van der Waals surface area contributed by atoms with Gasteiger partial charge < -0.3 is 9.47 Å². The Morgan fingerprint density at radius 2 is 1.87 bits per heavy atom. The number of esters is 2. The van der Waals surface area contributed by atoms with E-state index in [9.17, 15) is 26.8 Å². The molecule has 0 spiro atoms. The highest BCUT2D eigenvalue weighted by Crippen LogP contribution is 2.70. The normalized spacial score (nSPS) is 34.8. The lowest BCUT2D eigenvalue weighted by Crippen LogP contribution is -2.39. The van der Waals surface area contributed by atoms with Crippen molar-refractivity contribution in [1.82, 2.24) is 0 Å². The number of hydrogen-bond donors (Lipinski definition) is 1. The molecule has 0 bridgehead atoms. The van der Waals surface area contributed by atoms with Crippen LogP contribution in [0.1, 0.15) is 19.3 Å². The summed E-state index contributed by atoms with van der Waals surface area (Å²) < 4.78 is 63.5. The predicted octanol–water partition coefficient (Wildman–Crippen LogP) is 0.845. The van der Waals surface area contributed by atoms with Crippen LogP contribution in [0.15, 0.2) is 0 Å². The maximum atomic E-state index is 12.9. The lowest BCUT2D eigenvalue weighted by Gasteiger charge is -2.15. The largest absolute Gasteiger partial charge is 0.465 e. The summed E-state index contributed by atoms with van der Waals surface area (Å²) in [5, 5.41) is -5.11. The van der Waals surface area contributed by atoms with Gasteiger partial charge in [0.2, 0.25) is 0 Å². The van der Waals surface area contributed by atoms with Crippen LogP contribution in [0.5, 0.6) is 0 Å². The van der Waals surface area contributed by atoms with Crippen molar-refractivity contribution in [2.45, 2.75) is 24.5 Å². The fraction of sp³-hybridized carbons (Fsp3) is 0.846. The highest BCUT2D eigenvalue weighted by atomic mass is 32.2. The van der Waals surface area contributed by atoms with Gasteiger partial charge in [0, 0.05) is 0 Å². The zero-order valence-corrected chi connectivity index (χ0v) is 12.8. The molecule has 3 saturated carbocycles. The number of fused-ring (bicyclic) bond motifs is 1. The summed E-state index contributed by atoms with van der Waals surface area (Å²) in [6.07, 6.45) is 3.41. The van der Waals surface area contributed by atoms with Crippen molar-refractivity contribution < 1.29 is 40.8 Å². The van der Waals surface area contributed by atoms with Crippen molar-refractivity contribution in [2.75, 3.05) is 13.2 Å². The number of hydrogen-bond acceptors (Lipinski definition) is 6. The van der Waals surface area contributed by atoms with Gasteiger partial charge in [0.05, 0.1) is 6.61 Å². The second-order valence-electron chi connectivity index (χ2n) is 6.40. The number of carbonyl (C=O) groups is 2. The molecule has 3 rings (SSSR count). The molecule has 0 radical (unpaired) electrons. The van der Waals surface area contributed by atoms with Gasteiger partial charge in [0.25, 0.3) is 0 Å². The number of halogens is 2. The summed E-state index contributed by atoms with van der Waals surface area (Å²) in [5.74, 6) is -0.544. The van der Waals surface area contributed by atoms with Crippen LogP contribution >= 0.6 is 0 Å². The van der Waals surface area contributed by atoms with Crippen molar-refractivity contribution in [3.63, 3.8) is 0 Å². The van der Waals surface area contributed by atoms with E-state index in [1.54, 1.807) is 0 Å². The Labute approximate surface area is 131 Å². The molecule has 130 valence electrons. The van der Waals surface area contributed by atoms with E-state index < -0.39 is 33.9 Å². The summed E-state index contributed by atoms with van der Waals surface area (Å²) in [7, 11) is -5.94. The molecule has 0 aliphatic heterocycles. The summed E-state index contributed by atoms with van der Waals surface area (Å²) in [5.41, 5.74) is 0. The van der Waals surface area contributed by atoms with Crippen LogP contribution in [0.25, 0.3) is 0 Å². The number of carbonyl (C=O) groups excluding carboxylic acids is 2. The smallest absolute Gasteiger partial charge is 0.463 e. The first-order chi connectivity index (χ1) is 10.6. The van der Waals surface area contributed by atoms with Crippen LogP contribution in [0.2, 0.25) is 0 Å². The first kappa shape index (κ1) is 16.6. The van der Waals surface area contributed by atoms with Gasteiger partial charge in [-0.15, -0.1) is 0 Å². The fourth-order valence-electron chi connectivity index (χ4n) is 4.30. The van der Waals surface area contributed by atoms with E-state index in [1.165, 1.54) is 12.8 Å². The van der Waals surface area contributed by atoms with Gasteiger partial charge in [0.15, 0.2) is 6.61 Å². The molecule has 5 atom stereocenters. The van der Waals surface area contributed by atoms with E-state index in [0.29, 0.717) is 11.8 Å². The summed E-state index contributed by atoms with van der Waals surface area (Å²) in [4.78, 5) is 22.3. The maximum absolute atomic E-state index is 12.9. The molecule has 0 saturated heterocycles. The summed E-state index contributed by atoms with van der Waals surface area (Å²) in [6.45, 7) is -0.975. The highest BCUT2D eigenvalue weighted by molar-refractivity contribution is 7.87. The van der Waals surface area contributed by atoms with Crippen LogP contribution in [-0.4, -0.2) is 43.4 Å². The third-order valence-corrected chi connectivity index (χ3v) is 6.01. The van der Waals surface area contributed by atoms with Crippen LogP contribution in [0.3, 0.4) is 0 Å². The van der Waals surface area contributed by atoms with Crippen LogP contribution < -0.4 is 0 Å². The SMILES string of the molecule is O=C(COC(=O)C(F)(F)S(=O)(=O)O)OCC1CC2CCC3C2C13. The molecule has 5 unspecified atom stereocenters. The Morgan fingerprint density at radius 3 is 2.43 bits per heavy atom. The van der Waals surface area contributed by atoms with Crippen LogP contribution in [0.4, 0.5) is 8.78 Å². The van der Waals surface area contributed by atoms with Crippen LogP contribution in [-0.2, 0) is 29.2 Å². The minimum atomic E-state index is -5.94. The van der Waals surface area contributed by atoms with Gasteiger partial charge >= 0.3 is 27.3 Å². The molecule has 0 amide bonds. The molecule has 0 aromatic carbocycles. The zero-order valence-electron chi connectivity index (χ0n) is 12.0. The molecule has 1 N–H and O–H groups in total. The number of rotatable bonds is 6. The minimum absolute atomic E-state index is 0.152. The molecule has 7 nitrogen and oxygen atoms in total. The molecule has 23 heavy (non-hydrogen) atoms. The Balaban J connectivity index is 1.41. The van der Waals surface area contributed by atoms with Crippen molar-refractivity contribution in [3.8, 4) is 0 Å². The lowest BCUT2D eigenvalue weighted by molar-refractivity contribution is -0.170. The van der Waals surface area contributed by atoms with Crippen LogP contribution in [0, 0.1) is 29.6 Å².